The first-order valence-electron chi connectivity index (χ1n) is 30.8. The Hall–Kier alpha value is -7.26. The predicted molar refractivity (Wildman–Crippen MR) is 325 cm³/mol. The first kappa shape index (κ1) is 75.0. The average Bonchev–Trinajstić information content (AvgIpc) is 4.42. The van der Waals surface area contributed by atoms with E-state index < -0.39 is 17.9 Å². The molecular weight excluding hydrogens is 1170 g/mol. The van der Waals surface area contributed by atoms with Gasteiger partial charge < -0.3 is 46.4 Å². The molecule has 0 radical (unpaired) electrons. The quantitative estimate of drug-likeness (QED) is 0.0445. The van der Waals surface area contributed by atoms with Crippen molar-refractivity contribution in [3.8, 4) is 0 Å². The van der Waals surface area contributed by atoms with E-state index in [1.807, 2.05) is 0 Å². The molecule has 0 bridgehead atoms. The Morgan fingerprint density at radius 2 is 0.636 bits per heavy atom. The standard InChI is InChI=1S/3C20H32N4O5.CH4/c3*1-14(2)13-23-12-4-5-16(23)20(28)22-10-8-17(25)21-11-9-19(27)29-24-15(3)6-7-18(24)26;/h3*14,16H,3-13H2,1-2H3,(H,21,25)(H,22,28);1H4/i1+1,2+1,4+1,5+1,12+1,13+1,14+1,16+1,23+1;1+1,2+1,4+1,5+1,12+1,13+1,14+1,16+1,21+1;1+1,2+1,4+1,5+1,12+1,13+1,16+1,21+1;. The van der Waals surface area contributed by atoms with Crippen LogP contribution in [0.2, 0.25) is 0 Å². The van der Waals surface area contributed by atoms with Crippen LogP contribution >= 0.6 is 0 Å². The third kappa shape index (κ3) is 26.6. The van der Waals surface area contributed by atoms with Gasteiger partial charge in [0, 0.05) is 97.4 Å². The van der Waals surface area contributed by atoms with Crippen molar-refractivity contribution < 1.29 is 72.0 Å². The molecule has 6 aliphatic heterocycles. The van der Waals surface area contributed by atoms with Crippen molar-refractivity contribution in [1.29, 1.82) is 0 Å². The molecule has 6 fully saturated rings. The lowest BCUT2D eigenvalue weighted by molar-refractivity contribution is -0.186. The predicted octanol–water partition coefficient (Wildman–Crippen LogP) is 2.78. The summed E-state index contributed by atoms with van der Waals surface area (Å²) in [6, 6.07) is -0.338. The lowest BCUT2D eigenvalue weighted by Crippen LogP contribution is -2.45. The molecule has 6 N–H and O–H groups in total. The topological polar surface area (TPSA) is 324 Å². The summed E-state index contributed by atoms with van der Waals surface area (Å²) in [5.74, 6) is -2.08. The normalized spacial score (nSPS) is 19.5. The minimum atomic E-state index is -0.610. The van der Waals surface area contributed by atoms with E-state index in [0.29, 0.717) is 54.1 Å². The van der Waals surface area contributed by atoms with Gasteiger partial charge in [0.2, 0.25) is 35.4 Å². The number of nitrogens with zero attached hydrogens (tertiary/aromatic N) is 6. The van der Waals surface area contributed by atoms with Gasteiger partial charge in [-0.3, -0.25) is 57.9 Å². The van der Waals surface area contributed by atoms with Crippen LogP contribution in [-0.2, 0) is 72.0 Å². The number of likely N-dealkylation sites (tertiary alicyclic amines) is 3. The van der Waals surface area contributed by atoms with Crippen LogP contribution in [-0.4, -0.2) is 198 Å². The molecule has 6 rings (SSSR count). The van der Waals surface area contributed by atoms with Crippen LogP contribution in [0.25, 0.3) is 0 Å². The molecule has 0 aromatic carbocycles. The summed E-state index contributed by atoms with van der Waals surface area (Å²) >= 11 is 0. The molecule has 6 aliphatic rings. The minimum Gasteiger partial charge on any atom is -0.355 e. The molecule has 3 atom stereocenters. The zero-order chi connectivity index (χ0) is 64.2. The zero-order valence-electron chi connectivity index (χ0n) is 52.1. The Morgan fingerprint density at radius 3 is 0.852 bits per heavy atom. The summed E-state index contributed by atoms with van der Waals surface area (Å²) in [6.07, 6.45) is 8.10. The number of carbonyl (C=O) groups is 12. The Bertz CT molecular complexity index is 2160. The Morgan fingerprint density at radius 1 is 0.398 bits per heavy atom. The maximum atomic E-state index is 12.4. The molecule has 88 heavy (non-hydrogen) atoms. The number of nitrogens with one attached hydrogen (secondary N) is 6. The molecule has 494 valence electrons. The molecule has 0 aliphatic carbocycles. The van der Waals surface area contributed by atoms with Crippen molar-refractivity contribution in [2.24, 2.45) is 17.8 Å². The van der Waals surface area contributed by atoms with Gasteiger partial charge in [-0.1, -0.05) is 68.7 Å². The van der Waals surface area contributed by atoms with Gasteiger partial charge in [0.1, 0.15) is 0 Å². The van der Waals surface area contributed by atoms with Crippen molar-refractivity contribution in [3.63, 3.8) is 0 Å². The molecule has 3 unspecified atom stereocenters. The molecule has 6 heterocycles. The number of allylic oxidation sites excluding steroid dienone is 3. The number of amides is 9. The molecule has 9 amide bonds. The van der Waals surface area contributed by atoms with Crippen molar-refractivity contribution in [1.82, 2.24) is 61.8 Å². The monoisotopic (exact) mass is 1270 g/mol. The fourth-order valence-electron chi connectivity index (χ4n) is 10.5. The summed E-state index contributed by atoms with van der Waals surface area (Å²) in [5.41, 5.74) is 1.37. The highest BCUT2D eigenvalue weighted by Gasteiger charge is 2.35. The van der Waals surface area contributed by atoms with E-state index in [-0.39, 0.29) is 176 Å². The third-order valence-corrected chi connectivity index (χ3v) is 14.7. The van der Waals surface area contributed by atoms with Gasteiger partial charge in [0.15, 0.2) is 0 Å². The van der Waals surface area contributed by atoms with Crippen LogP contribution in [0.15, 0.2) is 36.8 Å². The fourth-order valence-corrected chi connectivity index (χ4v) is 10.5. The number of hydrogen-bond acceptors (Lipinski definition) is 18. The fraction of sp³-hybridized carbons (Fsp3) is 0.705. The maximum Gasteiger partial charge on any atom is 0.334 e. The van der Waals surface area contributed by atoms with E-state index in [4.69, 9.17) is 14.5 Å². The average molecular weight is 1270 g/mol. The van der Waals surface area contributed by atoms with Gasteiger partial charge in [-0.25, -0.2) is 14.4 Å². The molecule has 0 saturated carbocycles. The first-order valence-corrected chi connectivity index (χ1v) is 30.8. The van der Waals surface area contributed by atoms with Crippen LogP contribution in [0.1, 0.15) is 165 Å². The SMILES string of the molecule is C.C=C1CCC(=O)N1OC(=O)CCNC(=O)CCNC(=O)[13CH]1[13CH2][13CH2][13CH2][15N]1[13CH2][13CH]([13CH3])[13CH3].C=C1CCC(=O)N1OC(=O)CC[15NH]C(=O)CCNC(=O)[13CH]1[13CH2][13CH2][13CH2]N1[13CH2]C([13CH3])[13CH3].C=C1CCC(=O)N1OC(=O)CC[15NH]C(=O)CCNC(=O)[13CH]1[13CH2][13CH2][13CH2]N1[13CH2][13CH]([13CH3])[13CH3]. The van der Waals surface area contributed by atoms with Crippen LogP contribution in [0, 0.1) is 17.8 Å². The zero-order valence-corrected chi connectivity index (χ0v) is 52.1. The van der Waals surface area contributed by atoms with Gasteiger partial charge in [0.05, 0.1) is 54.5 Å². The van der Waals surface area contributed by atoms with Crippen LogP contribution in [0.3, 0.4) is 0 Å². The van der Waals surface area contributed by atoms with Gasteiger partial charge in [-0.2, -0.15) is 0 Å². The van der Waals surface area contributed by atoms with Crippen LogP contribution in [0.5, 0.6) is 0 Å². The lowest BCUT2D eigenvalue weighted by Gasteiger charge is -2.25. The summed E-state index contributed by atoms with van der Waals surface area (Å²) < 4.78 is 0. The third-order valence-electron chi connectivity index (χ3n) is 14.7. The highest BCUT2D eigenvalue weighted by atomic mass is 16.7. The molecule has 6 saturated heterocycles. The molecule has 0 spiro atoms. The second-order valence-corrected chi connectivity index (χ2v) is 23.7. The Balaban J connectivity index is 0.000000343. The highest BCUT2D eigenvalue weighted by Crippen LogP contribution is 2.25. The van der Waals surface area contributed by atoms with E-state index in [0.717, 1.165) is 93.0 Å². The van der Waals surface area contributed by atoms with Crippen molar-refractivity contribution in [2.75, 3.05) is 78.5 Å². The van der Waals surface area contributed by atoms with E-state index in [1.165, 1.54) is 0 Å². The Labute approximate surface area is 519 Å². The summed E-state index contributed by atoms with van der Waals surface area (Å²) in [4.78, 5) is 164. The number of hydrogen-bond donors (Lipinski definition) is 6. The first-order chi connectivity index (χ1) is 41.3. The smallest absolute Gasteiger partial charge is 0.334 e. The van der Waals surface area contributed by atoms with Gasteiger partial charge in [0.25, 0.3) is 17.7 Å². The van der Waals surface area contributed by atoms with E-state index in [1.54, 1.807) is 0 Å². The second kappa shape index (κ2) is 38.9. The molecule has 27 nitrogen and oxygen atoms in total. The van der Waals surface area contributed by atoms with Gasteiger partial charge in [-0.05, 0) is 95.2 Å². The van der Waals surface area contributed by atoms with Crippen LogP contribution in [0.4, 0.5) is 0 Å². The Kier molecular flexibility index (Phi) is 33.1. The number of hydroxylamine groups is 6. The minimum absolute atomic E-state index is 0. The van der Waals surface area contributed by atoms with E-state index in [2.05, 4.69) is 108 Å². The van der Waals surface area contributed by atoms with E-state index in [9.17, 15) is 57.5 Å². The maximum absolute atomic E-state index is 12.4. The van der Waals surface area contributed by atoms with Crippen molar-refractivity contribution in [3.05, 3.63) is 36.8 Å². The summed E-state index contributed by atoms with van der Waals surface area (Å²) in [5, 5.41) is 19.1. The second-order valence-electron chi connectivity index (χ2n) is 23.7. The highest BCUT2D eigenvalue weighted by molar-refractivity contribution is 5.86. The number of rotatable bonds is 30. The van der Waals surface area contributed by atoms with Crippen molar-refractivity contribution in [2.45, 2.75) is 183 Å². The largest absolute Gasteiger partial charge is 0.355 e. The summed E-state index contributed by atoms with van der Waals surface area (Å²) in [6.45, 7) is 30.3. The van der Waals surface area contributed by atoms with Crippen molar-refractivity contribution >= 4 is 71.1 Å². The number of carbonyl (C=O) groups excluding carboxylic acids is 12. The molecular formula is C61H100N12O15. The van der Waals surface area contributed by atoms with Gasteiger partial charge in [-0.15, -0.1) is 15.2 Å². The van der Waals surface area contributed by atoms with Gasteiger partial charge >= 0.3 is 17.9 Å². The van der Waals surface area contributed by atoms with E-state index >= 15 is 0 Å². The molecule has 0 aromatic heterocycles. The summed E-state index contributed by atoms with van der Waals surface area (Å²) in [7, 11) is 0. The molecule has 0 aromatic rings. The molecule has 27 heteroatoms. The van der Waals surface area contributed by atoms with Crippen LogP contribution < -0.4 is 31.9 Å². The lowest BCUT2D eigenvalue weighted by atomic mass is 10.3.